The van der Waals surface area contributed by atoms with Crippen LogP contribution in [0.25, 0.3) is 68.6 Å². The monoisotopic (exact) mass is 887 g/mol. The van der Waals surface area contributed by atoms with Crippen molar-refractivity contribution in [2.45, 2.75) is 142 Å². The first-order chi connectivity index (χ1) is 32.4. The second-order valence-corrected chi connectivity index (χ2v) is 18.0. The quantitative estimate of drug-likeness (QED) is 0.0462. The van der Waals surface area contributed by atoms with Crippen LogP contribution in [0.3, 0.4) is 0 Å². The first-order valence-electron chi connectivity index (χ1n) is 24.9. The lowest BCUT2D eigenvalue weighted by Gasteiger charge is -2.08. The Bertz CT molecular complexity index is 2450. The fourth-order valence-electron chi connectivity index (χ4n) is 9.46. The molecule has 7 rings (SSSR count). The van der Waals surface area contributed by atoms with Crippen molar-refractivity contribution in [1.29, 1.82) is 0 Å². The number of aromatic amines is 2. The van der Waals surface area contributed by atoms with Crippen LogP contribution >= 0.6 is 0 Å². The van der Waals surface area contributed by atoms with Gasteiger partial charge in [0.2, 0.25) is 0 Å². The molecule has 0 radical (unpaired) electrons. The largest absolute Gasteiger partial charge is 0.465 e. The number of esters is 2. The molecule has 0 unspecified atom stereocenters. The molecule has 2 aliphatic heterocycles. The van der Waals surface area contributed by atoms with Gasteiger partial charge in [0.15, 0.2) is 0 Å². The summed E-state index contributed by atoms with van der Waals surface area (Å²) in [5.74, 6) is -0.727. The fourth-order valence-corrected chi connectivity index (χ4v) is 9.46. The molecule has 2 N–H and O–H groups in total. The number of H-pyrrole nitrogens is 2. The minimum Gasteiger partial charge on any atom is -0.465 e. The summed E-state index contributed by atoms with van der Waals surface area (Å²) < 4.78 is 10.1. The lowest BCUT2D eigenvalue weighted by atomic mass is 10.0. The number of nitrogens with one attached hydrogen (secondary N) is 2. The van der Waals surface area contributed by atoms with E-state index >= 15 is 0 Å². The van der Waals surface area contributed by atoms with Gasteiger partial charge in [0.25, 0.3) is 0 Å². The number of nitrogens with zero attached hydrogens (tertiary/aromatic N) is 2. The molecule has 3 aromatic heterocycles. The number of rotatable bonds is 24. The number of fused-ring (bicyclic) bond motifs is 8. The zero-order valence-electron chi connectivity index (χ0n) is 39.9. The van der Waals surface area contributed by atoms with Gasteiger partial charge in [-0.15, -0.1) is 0 Å². The van der Waals surface area contributed by atoms with E-state index in [4.69, 9.17) is 19.4 Å². The number of hydrogen-bond donors (Lipinski definition) is 2. The number of carbonyl (C=O) groups excluding carboxylic acids is 2. The Hall–Kier alpha value is -6.02. The van der Waals surface area contributed by atoms with Crippen molar-refractivity contribution in [3.63, 3.8) is 0 Å². The van der Waals surface area contributed by atoms with Crippen molar-refractivity contribution in [3.05, 3.63) is 118 Å². The summed E-state index contributed by atoms with van der Waals surface area (Å²) in [6, 6.07) is 24.0. The van der Waals surface area contributed by atoms with Crippen molar-refractivity contribution in [1.82, 2.24) is 19.9 Å². The van der Waals surface area contributed by atoms with Gasteiger partial charge in [-0.05, 0) is 110 Å². The van der Waals surface area contributed by atoms with Crippen molar-refractivity contribution < 1.29 is 19.1 Å². The molecule has 5 aromatic rings. The van der Waals surface area contributed by atoms with Crippen LogP contribution in [0.4, 0.5) is 0 Å². The van der Waals surface area contributed by atoms with Crippen molar-refractivity contribution in [2.75, 3.05) is 14.2 Å². The minimum absolute atomic E-state index is 0.364. The molecule has 2 aliphatic rings. The topological polar surface area (TPSA) is 110 Å². The van der Waals surface area contributed by atoms with Gasteiger partial charge in [-0.3, -0.25) is 0 Å². The summed E-state index contributed by atoms with van der Waals surface area (Å²) in [4.78, 5) is 43.6. The van der Waals surface area contributed by atoms with E-state index in [0.717, 1.165) is 106 Å². The molecule has 346 valence electrons. The molecule has 0 saturated heterocycles. The van der Waals surface area contributed by atoms with E-state index in [2.05, 4.69) is 72.4 Å². The standard InChI is InChI=1S/C58H70N4O4/c1-5-7-9-11-13-15-17-19-21-23-45-47-33-37-51(59-47)55(41-25-29-43(30-26-41)57(63)65-3)53-39-35-49(61-53)46(24-22-20-18-16-14-12-10-8-6-2)50-36-40-54(62-50)56(52-38-34-48(45)60-52)42-27-31-44(32-28-42)58(64)66-4/h25-40,59,62H,5-24H2,1-4H3. The molecule has 2 aromatic carbocycles. The Morgan fingerprint density at radius 3 is 1.08 bits per heavy atom. The summed E-state index contributed by atoms with van der Waals surface area (Å²) in [7, 11) is 2.82. The zero-order valence-corrected chi connectivity index (χ0v) is 39.9. The van der Waals surface area contributed by atoms with Crippen LogP contribution < -0.4 is 0 Å². The molecule has 0 amide bonds. The molecule has 8 heteroatoms. The number of aryl methyl sites for hydroxylation is 2. The Morgan fingerprint density at radius 2 is 0.727 bits per heavy atom. The third-order valence-corrected chi connectivity index (χ3v) is 13.2. The van der Waals surface area contributed by atoms with Crippen molar-refractivity contribution >= 4 is 58.3 Å². The van der Waals surface area contributed by atoms with E-state index in [1.165, 1.54) is 115 Å². The second-order valence-electron chi connectivity index (χ2n) is 18.0. The van der Waals surface area contributed by atoms with E-state index in [1.807, 2.05) is 48.5 Å². The van der Waals surface area contributed by atoms with Crippen LogP contribution in [-0.4, -0.2) is 46.1 Å². The molecule has 0 fully saturated rings. The van der Waals surface area contributed by atoms with Gasteiger partial charge in [0.05, 0.1) is 48.1 Å². The highest BCUT2D eigenvalue weighted by Crippen LogP contribution is 2.35. The number of methoxy groups -OCH3 is 2. The van der Waals surface area contributed by atoms with E-state index < -0.39 is 0 Å². The van der Waals surface area contributed by atoms with Crippen LogP contribution in [0, 0.1) is 0 Å². The predicted molar refractivity (Wildman–Crippen MR) is 274 cm³/mol. The van der Waals surface area contributed by atoms with E-state index in [-0.39, 0.29) is 11.9 Å². The van der Waals surface area contributed by atoms with E-state index in [1.54, 1.807) is 0 Å². The molecule has 0 aliphatic carbocycles. The molecule has 5 heterocycles. The number of aromatic nitrogens is 4. The van der Waals surface area contributed by atoms with Crippen molar-refractivity contribution in [2.24, 2.45) is 0 Å². The van der Waals surface area contributed by atoms with Crippen LogP contribution in [-0.2, 0) is 22.3 Å². The maximum atomic E-state index is 12.5. The van der Waals surface area contributed by atoms with Crippen LogP contribution in [0.2, 0.25) is 0 Å². The van der Waals surface area contributed by atoms with E-state index in [9.17, 15) is 9.59 Å². The first-order valence-corrected chi connectivity index (χ1v) is 24.9. The van der Waals surface area contributed by atoms with Crippen molar-refractivity contribution in [3.8, 4) is 22.3 Å². The fraction of sp³-hybridized carbons (Fsp3) is 0.414. The highest BCUT2D eigenvalue weighted by molar-refractivity contribution is 5.96. The number of hydrogen-bond acceptors (Lipinski definition) is 6. The molecule has 66 heavy (non-hydrogen) atoms. The Kier molecular flexibility index (Phi) is 17.8. The van der Waals surface area contributed by atoms with Gasteiger partial charge in [-0.25, -0.2) is 19.6 Å². The molecular weight excluding hydrogens is 817 g/mol. The lowest BCUT2D eigenvalue weighted by Crippen LogP contribution is -2.00. The summed E-state index contributed by atoms with van der Waals surface area (Å²) in [6.45, 7) is 4.54. The van der Waals surface area contributed by atoms with Gasteiger partial charge < -0.3 is 19.4 Å². The average molecular weight is 887 g/mol. The Balaban J connectivity index is 1.38. The maximum absolute atomic E-state index is 12.5. The highest BCUT2D eigenvalue weighted by atomic mass is 16.5. The summed E-state index contributed by atoms with van der Waals surface area (Å²) in [5, 5.41) is 0. The summed E-state index contributed by atoms with van der Waals surface area (Å²) in [6.07, 6.45) is 32.9. The van der Waals surface area contributed by atoms with Gasteiger partial charge in [-0.2, -0.15) is 0 Å². The number of unbranched alkanes of at least 4 members (excludes halogenated alkanes) is 16. The molecule has 0 atom stereocenters. The van der Waals surface area contributed by atoms with E-state index in [0.29, 0.717) is 11.1 Å². The molecular formula is C58H70N4O4. The Labute approximate surface area is 392 Å². The third-order valence-electron chi connectivity index (χ3n) is 13.2. The molecule has 8 nitrogen and oxygen atoms in total. The summed E-state index contributed by atoms with van der Waals surface area (Å²) in [5.41, 5.74) is 14.7. The number of benzene rings is 2. The van der Waals surface area contributed by atoms with Gasteiger partial charge in [0.1, 0.15) is 0 Å². The molecule has 0 spiro atoms. The molecule has 8 bridgehead atoms. The smallest absolute Gasteiger partial charge is 0.337 e. The van der Waals surface area contributed by atoms with Gasteiger partial charge in [-0.1, -0.05) is 141 Å². The van der Waals surface area contributed by atoms with Gasteiger partial charge >= 0.3 is 11.9 Å². The van der Waals surface area contributed by atoms with Gasteiger partial charge in [0, 0.05) is 44.3 Å². The Morgan fingerprint density at radius 1 is 0.409 bits per heavy atom. The first kappa shape index (κ1) is 47.9. The number of carbonyl (C=O) groups is 2. The maximum Gasteiger partial charge on any atom is 0.337 e. The highest BCUT2D eigenvalue weighted by Gasteiger charge is 2.19. The van der Waals surface area contributed by atoms with Crippen LogP contribution in [0.1, 0.15) is 184 Å². The predicted octanol–water partition coefficient (Wildman–Crippen LogP) is 15.7. The summed E-state index contributed by atoms with van der Waals surface area (Å²) >= 11 is 0. The lowest BCUT2D eigenvalue weighted by molar-refractivity contribution is 0.0592. The number of ether oxygens (including phenoxy) is 2. The minimum atomic E-state index is -0.364. The van der Waals surface area contributed by atoms with Crippen LogP contribution in [0.5, 0.6) is 0 Å². The SMILES string of the molecule is CCCCCCCCCCCc1c2nc(c(-c3ccc(C(=O)OC)cc3)c3ccc([nH]3)c(CCCCCCCCCCC)c3nc(c(-c4ccc(C(=O)OC)cc4)c4ccc1[nH]4)C=C3)C=C2. The zero-order chi connectivity index (χ0) is 46.1. The van der Waals surface area contributed by atoms with Crippen LogP contribution in [0.15, 0.2) is 72.8 Å². The third kappa shape index (κ3) is 12.2. The molecule has 0 saturated carbocycles. The average Bonchev–Trinajstić information content (AvgIpc) is 4.20. The normalized spacial score (nSPS) is 11.9. The second kappa shape index (κ2) is 24.5.